The molecule has 0 bridgehead atoms. The Morgan fingerprint density at radius 3 is 1.17 bits per heavy atom. The van der Waals surface area contributed by atoms with Gasteiger partial charge in [-0.2, -0.15) is 19.9 Å². The first kappa shape index (κ1) is 86.5. The van der Waals surface area contributed by atoms with Crippen molar-refractivity contribution in [2.24, 2.45) is 22.9 Å². The van der Waals surface area contributed by atoms with E-state index in [0.29, 0.717) is 108 Å². The fraction of sp³-hybridized carbons (Fsp3) is 0.322. The highest BCUT2D eigenvalue weighted by Gasteiger charge is 2.39. The highest BCUT2D eigenvalue weighted by molar-refractivity contribution is 6.30. The minimum absolute atomic E-state index is 0.0111. The number of carbonyl (C=O) groups excluding carboxylic acids is 4. The van der Waals surface area contributed by atoms with Crippen LogP contribution in [0.5, 0.6) is 0 Å². The number of halogens is 9. The first-order chi connectivity index (χ1) is 58.4. The maximum absolute atomic E-state index is 14.0. The van der Waals surface area contributed by atoms with Gasteiger partial charge in [0.05, 0.1) is 5.56 Å². The molecule has 0 saturated carbocycles. The highest BCUT2D eigenvalue weighted by atomic mass is 35.5. The zero-order chi connectivity index (χ0) is 85.2. The molecule has 630 valence electrons. The van der Waals surface area contributed by atoms with E-state index in [9.17, 15) is 54.3 Å². The van der Waals surface area contributed by atoms with Gasteiger partial charge < -0.3 is 60.6 Å². The number of pyridine rings is 1. The standard InChI is InChI=1S/C22H22ClFN4O2.2C22H21F3N4O2.C21H22FN5O2/c23-16-6-1-4-14(10-16)11-18(25)13-20(29)28-9-3-8-19(28)22-26-21(27-30-22)15-5-2-7-17(24)12-15;23-14-7-8-16(18(25)11-14)21-27-22(31-28-21)19-6-3-9-29(19)20(30)12-15(26)10-13-4-1-2-5-17(13)24;23-15-8-14(9-16(24)11-15)21-27-22(31-28-21)19-6-3-7-29(19)20(30)12-17(26)10-13-4-1-2-5-18(13)25;22-16-7-2-1-6-14(16)12-15(23)13-19(28)27-11-5-9-18(27)21-25-20(26-29-21)17-8-3-4-10-24-17/h1-2,4-7,10,12,18-19H,3,8-9,11,13,25H2;1-2,4-5,7-8,11,15,19H,3,6,9-10,12,26H2;1-2,4-5,8-9,11,17,19H,3,6-7,10,12,26H2;1-4,6-8,10,15,18H,5,9,11-13,23H2/t18-,19+;15-,19+;17-,19+;15-,18+/m1111/s1. The Labute approximate surface area is 694 Å². The number of nitrogens with two attached hydrogens (primary N) is 4. The average Bonchev–Trinajstić information content (AvgIpc) is 1.68. The molecule has 7 aromatic carbocycles. The van der Waals surface area contributed by atoms with Gasteiger partial charge in [0.15, 0.2) is 0 Å². The van der Waals surface area contributed by atoms with Crippen LogP contribution in [0.3, 0.4) is 0 Å². The molecule has 121 heavy (non-hydrogen) atoms. The number of hydrogen-bond acceptors (Lipinski definition) is 21. The Morgan fingerprint density at radius 1 is 0.372 bits per heavy atom. The van der Waals surface area contributed by atoms with Gasteiger partial charge >= 0.3 is 0 Å². The van der Waals surface area contributed by atoms with E-state index >= 15 is 0 Å². The Balaban J connectivity index is 0.000000139. The van der Waals surface area contributed by atoms with Crippen molar-refractivity contribution >= 4 is 35.2 Å². The van der Waals surface area contributed by atoms with E-state index in [1.165, 1.54) is 36.4 Å². The van der Waals surface area contributed by atoms with Crippen LogP contribution in [0.1, 0.15) is 147 Å². The number of aromatic nitrogens is 9. The monoisotopic (exact) mass is 1680 g/mol. The largest absolute Gasteiger partial charge is 0.337 e. The molecule has 0 unspecified atom stereocenters. The summed E-state index contributed by atoms with van der Waals surface area (Å²) in [5, 5.41) is 16.2. The maximum atomic E-state index is 14.0. The first-order valence-electron chi connectivity index (χ1n) is 39.5. The lowest BCUT2D eigenvalue weighted by Gasteiger charge is -2.23. The van der Waals surface area contributed by atoms with Gasteiger partial charge in [-0.25, -0.2) is 35.1 Å². The topological polar surface area (TPSA) is 354 Å². The summed E-state index contributed by atoms with van der Waals surface area (Å²) in [6.45, 7) is 2.23. The van der Waals surface area contributed by atoms with Crippen LogP contribution < -0.4 is 22.9 Å². The number of amides is 4. The van der Waals surface area contributed by atoms with Crippen LogP contribution in [-0.2, 0) is 44.9 Å². The second-order valence-corrected chi connectivity index (χ2v) is 30.3. The summed E-state index contributed by atoms with van der Waals surface area (Å²) in [4.78, 5) is 79.7. The summed E-state index contributed by atoms with van der Waals surface area (Å²) in [6, 6.07) is 40.8. The number of likely N-dealkylation sites (tertiary alicyclic amines) is 4. The molecule has 25 nitrogen and oxygen atoms in total. The molecule has 0 aliphatic carbocycles. The lowest BCUT2D eigenvalue weighted by Crippen LogP contribution is -2.36. The van der Waals surface area contributed by atoms with Crippen LogP contribution in [0.25, 0.3) is 45.7 Å². The number of benzene rings is 7. The van der Waals surface area contributed by atoms with Crippen molar-refractivity contribution in [2.45, 2.75) is 151 Å². The molecular weight excluding hydrogens is 1600 g/mol. The Kier molecular flexibility index (Phi) is 29.1. The van der Waals surface area contributed by atoms with Crippen LogP contribution in [0.4, 0.5) is 35.1 Å². The summed E-state index contributed by atoms with van der Waals surface area (Å²) in [5.74, 6) is -3.00. The van der Waals surface area contributed by atoms with E-state index in [1.807, 2.05) is 30.3 Å². The second kappa shape index (κ2) is 40.6. The van der Waals surface area contributed by atoms with E-state index < -0.39 is 53.5 Å². The predicted molar refractivity (Wildman–Crippen MR) is 427 cm³/mol. The van der Waals surface area contributed by atoms with Crippen molar-refractivity contribution in [1.82, 2.24) is 65.1 Å². The summed E-state index contributed by atoms with van der Waals surface area (Å²) in [6.07, 6.45) is 9.33. The van der Waals surface area contributed by atoms with Gasteiger partial charge in [-0.1, -0.05) is 117 Å². The van der Waals surface area contributed by atoms with Crippen LogP contribution in [0, 0.1) is 46.5 Å². The number of carbonyl (C=O) groups is 4. The first-order valence-corrected chi connectivity index (χ1v) is 39.9. The molecule has 8 N–H and O–H groups in total. The molecule has 5 aromatic heterocycles. The van der Waals surface area contributed by atoms with Crippen LogP contribution >= 0.6 is 11.6 Å². The lowest BCUT2D eigenvalue weighted by molar-refractivity contribution is -0.133. The molecule has 12 aromatic rings. The fourth-order valence-electron chi connectivity index (χ4n) is 15.2. The summed E-state index contributed by atoms with van der Waals surface area (Å²) in [5.41, 5.74) is 28.3. The van der Waals surface area contributed by atoms with Gasteiger partial charge in [0.25, 0.3) is 0 Å². The molecule has 4 aliphatic rings. The molecule has 0 spiro atoms. The molecule has 0 radical (unpaired) electrons. The van der Waals surface area contributed by atoms with Gasteiger partial charge in [0.1, 0.15) is 76.4 Å². The van der Waals surface area contributed by atoms with Gasteiger partial charge in [-0.15, -0.1) is 0 Å². The van der Waals surface area contributed by atoms with E-state index in [0.717, 1.165) is 74.4 Å². The fourth-order valence-corrected chi connectivity index (χ4v) is 15.4. The molecular formula is C87H86ClF8N17O8. The summed E-state index contributed by atoms with van der Waals surface area (Å²) in [7, 11) is 0. The zero-order valence-corrected chi connectivity index (χ0v) is 66.1. The van der Waals surface area contributed by atoms with Crippen molar-refractivity contribution in [3.8, 4) is 45.7 Å². The van der Waals surface area contributed by atoms with Crippen molar-refractivity contribution in [2.75, 3.05) is 26.2 Å². The molecule has 8 atom stereocenters. The molecule has 9 heterocycles. The van der Waals surface area contributed by atoms with Crippen LogP contribution in [-0.4, -0.2) is 139 Å². The predicted octanol–water partition coefficient (Wildman–Crippen LogP) is 14.6. The summed E-state index contributed by atoms with van der Waals surface area (Å²) < 4.78 is 131. The van der Waals surface area contributed by atoms with E-state index in [2.05, 4.69) is 45.5 Å². The Morgan fingerprint density at radius 2 is 0.752 bits per heavy atom. The zero-order valence-electron chi connectivity index (χ0n) is 65.4. The van der Waals surface area contributed by atoms with E-state index in [1.54, 1.807) is 105 Å². The van der Waals surface area contributed by atoms with Gasteiger partial charge in [0.2, 0.25) is 70.5 Å². The van der Waals surface area contributed by atoms with Crippen molar-refractivity contribution in [1.29, 1.82) is 0 Å². The lowest BCUT2D eigenvalue weighted by atomic mass is 10.0. The normalized spacial score (nSPS) is 17.3. The number of hydrogen-bond donors (Lipinski definition) is 4. The highest BCUT2D eigenvalue weighted by Crippen LogP contribution is 2.38. The Bertz CT molecular complexity index is 5510. The maximum Gasteiger partial charge on any atom is 0.249 e. The van der Waals surface area contributed by atoms with Crippen LogP contribution in [0.2, 0.25) is 5.02 Å². The van der Waals surface area contributed by atoms with Crippen molar-refractivity contribution in [3.63, 3.8) is 0 Å². The van der Waals surface area contributed by atoms with Crippen LogP contribution in [0.15, 0.2) is 200 Å². The van der Waals surface area contributed by atoms with Gasteiger partial charge in [0, 0.05) is 111 Å². The summed E-state index contributed by atoms with van der Waals surface area (Å²) >= 11 is 6.02. The third kappa shape index (κ3) is 22.8. The minimum Gasteiger partial charge on any atom is -0.337 e. The molecule has 4 fully saturated rings. The van der Waals surface area contributed by atoms with Crippen molar-refractivity contribution < 1.29 is 72.4 Å². The van der Waals surface area contributed by atoms with E-state index in [4.69, 9.17) is 52.6 Å². The second-order valence-electron chi connectivity index (χ2n) is 29.9. The molecule has 34 heteroatoms. The molecule has 4 aliphatic heterocycles. The molecule has 4 saturated heterocycles. The van der Waals surface area contributed by atoms with Gasteiger partial charge in [-0.05, 0) is 178 Å². The third-order valence-electron chi connectivity index (χ3n) is 20.9. The molecule has 16 rings (SSSR count). The van der Waals surface area contributed by atoms with Crippen molar-refractivity contribution in [3.05, 3.63) is 279 Å². The SMILES string of the molecule is N[C@@H](CC(=O)N1CCC[C@H]1c1nc(-c2cc(F)cc(F)c2)no1)Cc1ccccc1F.N[C@@H](CC(=O)N1CCC[C@H]1c1nc(-c2ccc(F)cc2F)no1)Cc1ccccc1F.N[C@@H](CC(=O)N1CCC[C@H]1c1nc(-c2cccc(F)c2)no1)Cc1cccc(Cl)c1.N[C@@H](CC(=O)N1CCC[C@H]1c1nc(-c2ccccn2)no1)Cc1ccccc1F. The smallest absolute Gasteiger partial charge is 0.249 e. The minimum atomic E-state index is -0.800. The van der Waals surface area contributed by atoms with Gasteiger partial charge in [-0.3, -0.25) is 24.2 Å². The number of nitrogens with zero attached hydrogens (tertiary/aromatic N) is 13. The van der Waals surface area contributed by atoms with E-state index in [-0.39, 0.29) is 138 Å². The molecule has 4 amide bonds. The Hall–Kier alpha value is -12.3. The number of rotatable bonds is 24. The quantitative estimate of drug-likeness (QED) is 0.0408. The average molecular weight is 1690 g/mol. The third-order valence-corrected chi connectivity index (χ3v) is 21.2.